The molecule has 0 aliphatic heterocycles. The Morgan fingerprint density at radius 3 is 2.52 bits per heavy atom. The van der Waals surface area contributed by atoms with Crippen LogP contribution in [0.15, 0.2) is 33.9 Å². The molecular weight excluding hydrogens is 394 g/mol. The summed E-state index contributed by atoms with van der Waals surface area (Å²) in [4.78, 5) is 12.2. The zero-order valence-corrected chi connectivity index (χ0v) is 18.5. The van der Waals surface area contributed by atoms with E-state index >= 15 is 0 Å². The number of nitrogens with one attached hydrogen (secondary N) is 1. The van der Waals surface area contributed by atoms with E-state index in [1.165, 1.54) is 0 Å². The summed E-state index contributed by atoms with van der Waals surface area (Å²) >= 11 is 0. The number of carbonyl (C=O) groups excluding carboxylic acids is 1. The minimum atomic E-state index is -3.81. The third-order valence-corrected chi connectivity index (χ3v) is 5.23. The van der Waals surface area contributed by atoms with E-state index in [0.29, 0.717) is 12.0 Å². The largest absolute Gasteiger partial charge is 0.444 e. The Hall–Kier alpha value is -2.42. The summed E-state index contributed by atoms with van der Waals surface area (Å²) in [5.74, 6) is -0.0217. The summed E-state index contributed by atoms with van der Waals surface area (Å²) < 4.78 is 36.1. The van der Waals surface area contributed by atoms with E-state index in [4.69, 9.17) is 9.15 Å². The average Bonchev–Trinajstić information content (AvgIpc) is 3.02. The Balaban J connectivity index is 2.21. The molecule has 0 fully saturated rings. The van der Waals surface area contributed by atoms with Gasteiger partial charge in [0, 0.05) is 0 Å². The van der Waals surface area contributed by atoms with Crippen molar-refractivity contribution in [2.75, 3.05) is 0 Å². The molecule has 1 heterocycles. The molecule has 0 saturated carbocycles. The number of alkyl carbamates (subject to hydrolysis) is 1. The van der Waals surface area contributed by atoms with Crippen LogP contribution in [0.2, 0.25) is 0 Å². The maximum atomic E-state index is 12.7. The molecule has 1 unspecified atom stereocenters. The Labute approximate surface area is 172 Å². The molecule has 2 rings (SSSR count). The third-order valence-electron chi connectivity index (χ3n) is 3.82. The molecule has 160 valence electrons. The van der Waals surface area contributed by atoms with E-state index in [0.717, 1.165) is 5.56 Å². The first-order valence-electron chi connectivity index (χ1n) is 9.47. The molecule has 1 amide bonds. The predicted molar refractivity (Wildman–Crippen MR) is 108 cm³/mol. The second kappa shape index (κ2) is 8.94. The van der Waals surface area contributed by atoms with Gasteiger partial charge in [-0.2, -0.15) is 0 Å². The molecule has 0 spiro atoms. The topological polar surface area (TPSA) is 111 Å². The minimum absolute atomic E-state index is 0.0346. The lowest BCUT2D eigenvalue weighted by atomic mass is 10.0. The van der Waals surface area contributed by atoms with Crippen molar-refractivity contribution >= 4 is 15.9 Å². The summed E-state index contributed by atoms with van der Waals surface area (Å²) in [7, 11) is -3.81. The maximum absolute atomic E-state index is 12.7. The summed E-state index contributed by atoms with van der Waals surface area (Å²) in [6.45, 7) is 11.1. The van der Waals surface area contributed by atoms with E-state index in [2.05, 4.69) is 15.5 Å². The van der Waals surface area contributed by atoms with Gasteiger partial charge in [0.2, 0.25) is 15.7 Å². The van der Waals surface area contributed by atoms with E-state index in [-0.39, 0.29) is 17.6 Å². The van der Waals surface area contributed by atoms with E-state index < -0.39 is 32.8 Å². The highest BCUT2D eigenvalue weighted by Crippen LogP contribution is 2.24. The van der Waals surface area contributed by atoms with Gasteiger partial charge < -0.3 is 14.5 Å². The van der Waals surface area contributed by atoms with Gasteiger partial charge in [-0.15, -0.1) is 5.10 Å². The number of carbonyl (C=O) groups is 1. The van der Waals surface area contributed by atoms with E-state index in [9.17, 15) is 13.2 Å². The molecule has 0 bridgehead atoms. The fourth-order valence-electron chi connectivity index (χ4n) is 2.71. The Bertz CT molecular complexity index is 945. The van der Waals surface area contributed by atoms with Crippen molar-refractivity contribution in [2.24, 2.45) is 5.92 Å². The fourth-order valence-corrected chi connectivity index (χ4v) is 3.83. The van der Waals surface area contributed by atoms with Gasteiger partial charge in [-0.1, -0.05) is 48.8 Å². The third kappa shape index (κ3) is 7.16. The molecule has 0 radical (unpaired) electrons. The second-order valence-corrected chi connectivity index (χ2v) is 10.4. The molecule has 0 aliphatic rings. The number of benzene rings is 1. The minimum Gasteiger partial charge on any atom is -0.444 e. The molecule has 9 heteroatoms. The molecule has 1 atom stereocenters. The van der Waals surface area contributed by atoms with Crippen molar-refractivity contribution in [3.05, 3.63) is 41.3 Å². The summed E-state index contributed by atoms with van der Waals surface area (Å²) in [6, 6.07) is 6.55. The second-order valence-electron chi connectivity index (χ2n) is 8.48. The van der Waals surface area contributed by atoms with Gasteiger partial charge >= 0.3 is 11.3 Å². The molecule has 1 N–H and O–H groups in total. The van der Waals surface area contributed by atoms with Crippen molar-refractivity contribution in [1.29, 1.82) is 0 Å². The highest BCUT2D eigenvalue weighted by Gasteiger charge is 2.29. The van der Waals surface area contributed by atoms with Crippen LogP contribution in [-0.4, -0.2) is 30.3 Å². The number of aromatic nitrogens is 2. The summed E-state index contributed by atoms with van der Waals surface area (Å²) in [6.07, 6.45) is -0.149. The summed E-state index contributed by atoms with van der Waals surface area (Å²) in [5.41, 5.74) is 0.932. The van der Waals surface area contributed by atoms with Gasteiger partial charge in [-0.25, -0.2) is 13.2 Å². The normalized spacial score (nSPS) is 13.3. The Morgan fingerprint density at radius 2 is 1.93 bits per heavy atom. The number of hydrogen-bond acceptors (Lipinski definition) is 7. The number of hydrogen-bond donors (Lipinski definition) is 1. The zero-order chi connectivity index (χ0) is 21.8. The van der Waals surface area contributed by atoms with Gasteiger partial charge in [0.1, 0.15) is 11.6 Å². The number of ether oxygens (including phenoxy) is 1. The van der Waals surface area contributed by atoms with Gasteiger partial charge in [0.15, 0.2) is 0 Å². The van der Waals surface area contributed by atoms with Gasteiger partial charge in [-0.05, 0) is 45.6 Å². The van der Waals surface area contributed by atoms with Gasteiger partial charge in [-0.3, -0.25) is 0 Å². The van der Waals surface area contributed by atoms with Crippen LogP contribution in [0.3, 0.4) is 0 Å². The standard InChI is InChI=1S/C20H29N3O5S/c1-13(2)10-16(21-18(24)28-20(4,5)6)17-22-23-19(27-17)29(25,26)12-15-9-7-8-14(3)11-15/h7-9,11,13,16H,10,12H2,1-6H3,(H,21,24). The number of nitrogens with zero attached hydrogens (tertiary/aromatic N) is 2. The smallest absolute Gasteiger partial charge is 0.408 e. The lowest BCUT2D eigenvalue weighted by Crippen LogP contribution is -2.35. The zero-order valence-electron chi connectivity index (χ0n) is 17.7. The number of aryl methyl sites for hydroxylation is 1. The van der Waals surface area contributed by atoms with Gasteiger partial charge in [0.05, 0.1) is 5.75 Å². The Kier molecular flexibility index (Phi) is 7.05. The molecule has 1 aromatic carbocycles. The van der Waals surface area contributed by atoms with Crippen molar-refractivity contribution in [3.63, 3.8) is 0 Å². The van der Waals surface area contributed by atoms with Crippen LogP contribution in [0.1, 0.15) is 64.1 Å². The van der Waals surface area contributed by atoms with Crippen LogP contribution in [0.4, 0.5) is 4.79 Å². The van der Waals surface area contributed by atoms with Crippen molar-refractivity contribution < 1.29 is 22.4 Å². The fraction of sp³-hybridized carbons (Fsp3) is 0.550. The van der Waals surface area contributed by atoms with Crippen LogP contribution >= 0.6 is 0 Å². The first kappa shape index (κ1) is 22.9. The predicted octanol–water partition coefficient (Wildman–Crippen LogP) is 3.96. The monoisotopic (exact) mass is 423 g/mol. The highest BCUT2D eigenvalue weighted by molar-refractivity contribution is 7.90. The lowest BCUT2D eigenvalue weighted by molar-refractivity contribution is 0.0487. The van der Waals surface area contributed by atoms with Crippen LogP contribution in [0.5, 0.6) is 0 Å². The van der Waals surface area contributed by atoms with Crippen molar-refractivity contribution in [2.45, 2.75) is 70.6 Å². The van der Waals surface area contributed by atoms with Crippen LogP contribution in [0.25, 0.3) is 0 Å². The number of rotatable bonds is 7. The van der Waals surface area contributed by atoms with Crippen molar-refractivity contribution in [1.82, 2.24) is 15.5 Å². The molecule has 29 heavy (non-hydrogen) atoms. The molecule has 2 aromatic rings. The van der Waals surface area contributed by atoms with E-state index in [1.54, 1.807) is 39.0 Å². The lowest BCUT2D eigenvalue weighted by Gasteiger charge is -2.22. The van der Waals surface area contributed by atoms with Crippen LogP contribution in [-0.2, 0) is 20.3 Å². The van der Waals surface area contributed by atoms with Crippen LogP contribution in [0, 0.1) is 12.8 Å². The van der Waals surface area contributed by atoms with Gasteiger partial charge in [0.25, 0.3) is 0 Å². The van der Waals surface area contributed by atoms with Crippen molar-refractivity contribution in [3.8, 4) is 0 Å². The molecule has 8 nitrogen and oxygen atoms in total. The molecule has 0 aliphatic carbocycles. The van der Waals surface area contributed by atoms with E-state index in [1.807, 2.05) is 26.8 Å². The Morgan fingerprint density at radius 1 is 1.24 bits per heavy atom. The maximum Gasteiger partial charge on any atom is 0.408 e. The number of amides is 1. The first-order valence-corrected chi connectivity index (χ1v) is 11.1. The first-order chi connectivity index (χ1) is 13.4. The quantitative estimate of drug-likeness (QED) is 0.717. The molecular formula is C20H29N3O5S. The molecule has 1 aromatic heterocycles. The average molecular weight is 424 g/mol. The van der Waals surface area contributed by atoms with Crippen LogP contribution < -0.4 is 5.32 Å². The highest BCUT2D eigenvalue weighted by atomic mass is 32.2. The summed E-state index contributed by atoms with van der Waals surface area (Å²) in [5, 5.41) is 9.83. The number of sulfone groups is 1. The SMILES string of the molecule is Cc1cccc(CS(=O)(=O)c2nnc(C(CC(C)C)NC(=O)OC(C)(C)C)o2)c1. The molecule has 0 saturated heterocycles.